The topological polar surface area (TPSA) is 40.5 Å². The fraction of sp³-hybridized carbons (Fsp3) is 0.600. The Hall–Kier alpha value is -0.860. The molecule has 17 heavy (non-hydrogen) atoms. The Labute approximate surface area is 103 Å². The molecule has 0 saturated heterocycles. The van der Waals surface area contributed by atoms with Crippen molar-refractivity contribution in [2.75, 3.05) is 0 Å². The van der Waals surface area contributed by atoms with Crippen LogP contribution in [0.25, 0.3) is 0 Å². The quantitative estimate of drug-likeness (QED) is 0.734. The molecule has 2 N–H and O–H groups in total. The molecule has 0 aromatic heterocycles. The summed E-state index contributed by atoms with van der Waals surface area (Å²) in [5, 5.41) is 21.8. The van der Waals surface area contributed by atoms with Gasteiger partial charge in [-0.15, -0.1) is 13.2 Å². The van der Waals surface area contributed by atoms with E-state index in [0.717, 1.165) is 12.8 Å². The maximum Gasteiger partial charge on any atom is 0.0772 e. The van der Waals surface area contributed by atoms with E-state index < -0.39 is 16.6 Å². The van der Waals surface area contributed by atoms with Crippen LogP contribution in [0.1, 0.15) is 38.5 Å². The molecule has 0 heterocycles. The number of aliphatic hydroxyl groups is 2. The summed E-state index contributed by atoms with van der Waals surface area (Å²) in [6.45, 7) is 7.47. The summed E-state index contributed by atoms with van der Waals surface area (Å²) in [7, 11) is 0. The van der Waals surface area contributed by atoms with Crippen molar-refractivity contribution in [3.05, 3.63) is 37.5 Å². The largest absolute Gasteiger partial charge is 0.389 e. The van der Waals surface area contributed by atoms with Gasteiger partial charge in [0.1, 0.15) is 0 Å². The van der Waals surface area contributed by atoms with Gasteiger partial charge >= 0.3 is 0 Å². The van der Waals surface area contributed by atoms with Crippen LogP contribution in [0.2, 0.25) is 0 Å². The molecule has 1 spiro atoms. The van der Waals surface area contributed by atoms with Crippen LogP contribution in [-0.4, -0.2) is 21.4 Å². The van der Waals surface area contributed by atoms with Crippen molar-refractivity contribution in [1.29, 1.82) is 0 Å². The Kier molecular flexibility index (Phi) is 3.04. The Morgan fingerprint density at radius 3 is 1.71 bits per heavy atom. The van der Waals surface area contributed by atoms with Gasteiger partial charge < -0.3 is 10.2 Å². The maximum absolute atomic E-state index is 10.9. The fourth-order valence-electron chi connectivity index (χ4n) is 3.81. The molecule has 1 saturated carbocycles. The lowest BCUT2D eigenvalue weighted by atomic mass is 9.63. The summed E-state index contributed by atoms with van der Waals surface area (Å²) in [5.74, 6) is 0. The van der Waals surface area contributed by atoms with Crippen LogP contribution in [0, 0.1) is 5.41 Å². The minimum absolute atomic E-state index is 0.442. The summed E-state index contributed by atoms with van der Waals surface area (Å²) in [6, 6.07) is 0. The molecule has 94 valence electrons. The van der Waals surface area contributed by atoms with E-state index in [2.05, 4.69) is 25.3 Å². The highest BCUT2D eigenvalue weighted by atomic mass is 16.3. The second-order valence-corrected chi connectivity index (χ2v) is 5.51. The molecular weight excluding hydrogens is 212 g/mol. The van der Waals surface area contributed by atoms with Crippen molar-refractivity contribution in [2.24, 2.45) is 5.41 Å². The van der Waals surface area contributed by atoms with Gasteiger partial charge in [-0.2, -0.15) is 0 Å². The number of rotatable bonds is 4. The first-order valence-corrected chi connectivity index (χ1v) is 6.35. The van der Waals surface area contributed by atoms with Crippen LogP contribution in [-0.2, 0) is 0 Å². The first-order chi connectivity index (χ1) is 8.04. The molecular formula is C15H22O2. The molecule has 2 nitrogen and oxygen atoms in total. The average molecular weight is 234 g/mol. The van der Waals surface area contributed by atoms with Crippen LogP contribution in [0.4, 0.5) is 0 Å². The van der Waals surface area contributed by atoms with E-state index in [4.69, 9.17) is 0 Å². The van der Waals surface area contributed by atoms with E-state index >= 15 is 0 Å². The van der Waals surface area contributed by atoms with Crippen molar-refractivity contribution >= 4 is 0 Å². The molecule has 0 aromatic rings. The molecule has 0 amide bonds. The van der Waals surface area contributed by atoms with Crippen molar-refractivity contribution < 1.29 is 10.2 Å². The van der Waals surface area contributed by atoms with Gasteiger partial charge in [0.15, 0.2) is 0 Å². The number of allylic oxidation sites excluding steroid dienone is 2. The van der Waals surface area contributed by atoms with Crippen molar-refractivity contribution in [2.45, 2.75) is 49.7 Å². The van der Waals surface area contributed by atoms with Crippen LogP contribution < -0.4 is 0 Å². The monoisotopic (exact) mass is 234 g/mol. The minimum Gasteiger partial charge on any atom is -0.389 e. The third kappa shape index (κ3) is 1.54. The molecule has 0 unspecified atom stereocenters. The maximum atomic E-state index is 10.9. The number of hydrogen-bond acceptors (Lipinski definition) is 2. The zero-order chi connectivity index (χ0) is 12.6. The van der Waals surface area contributed by atoms with Gasteiger partial charge in [0.05, 0.1) is 11.2 Å². The predicted molar refractivity (Wildman–Crippen MR) is 69.6 cm³/mol. The Morgan fingerprint density at radius 1 is 0.941 bits per heavy atom. The molecule has 2 rings (SSSR count). The molecule has 2 aliphatic rings. The highest BCUT2D eigenvalue weighted by molar-refractivity contribution is 5.24. The molecule has 2 aliphatic carbocycles. The lowest BCUT2D eigenvalue weighted by Crippen LogP contribution is -2.54. The Bertz CT molecular complexity index is 324. The van der Waals surface area contributed by atoms with Crippen molar-refractivity contribution in [3.63, 3.8) is 0 Å². The second-order valence-electron chi connectivity index (χ2n) is 5.51. The van der Waals surface area contributed by atoms with E-state index in [1.54, 1.807) is 12.2 Å². The van der Waals surface area contributed by atoms with Crippen molar-refractivity contribution in [3.8, 4) is 0 Å². The van der Waals surface area contributed by atoms with E-state index in [1.165, 1.54) is 0 Å². The SMILES string of the molecule is C=CC[C@@]1(O)CC[C@@](O)(CC=C)C12CC=CC2. The first kappa shape index (κ1) is 12.6. The lowest BCUT2D eigenvalue weighted by molar-refractivity contribution is -0.142. The normalized spacial score (nSPS) is 38.7. The molecule has 2 heteroatoms. The van der Waals surface area contributed by atoms with E-state index in [1.807, 2.05) is 0 Å². The molecule has 1 fully saturated rings. The standard InChI is InChI=1S/C15H22O2/c1-3-7-14(16)11-12-15(17,8-4-2)13(14)9-5-6-10-13/h3-6,16-17H,1-2,7-12H2/t14-,15+. The zero-order valence-electron chi connectivity index (χ0n) is 10.4. The summed E-state index contributed by atoms with van der Waals surface area (Å²) in [6.07, 6.45) is 11.6. The highest BCUT2D eigenvalue weighted by Gasteiger charge is 2.65. The van der Waals surface area contributed by atoms with Crippen LogP contribution in [0.5, 0.6) is 0 Å². The number of hydrogen-bond donors (Lipinski definition) is 2. The summed E-state index contributed by atoms with van der Waals surface area (Å²) < 4.78 is 0. The third-order valence-electron chi connectivity index (χ3n) is 4.80. The highest BCUT2D eigenvalue weighted by Crippen LogP contribution is 2.62. The Balaban J connectivity index is 2.40. The van der Waals surface area contributed by atoms with Gasteiger partial charge in [-0.05, 0) is 38.5 Å². The van der Waals surface area contributed by atoms with Gasteiger partial charge in [-0.1, -0.05) is 24.3 Å². The fourth-order valence-corrected chi connectivity index (χ4v) is 3.81. The predicted octanol–water partition coefficient (Wildman–Crippen LogP) is 2.73. The van der Waals surface area contributed by atoms with E-state index in [0.29, 0.717) is 25.7 Å². The molecule has 0 bridgehead atoms. The zero-order valence-corrected chi connectivity index (χ0v) is 10.4. The van der Waals surface area contributed by atoms with Crippen molar-refractivity contribution in [1.82, 2.24) is 0 Å². The Morgan fingerprint density at radius 2 is 1.35 bits per heavy atom. The van der Waals surface area contributed by atoms with Crippen LogP contribution >= 0.6 is 0 Å². The molecule has 0 aromatic carbocycles. The first-order valence-electron chi connectivity index (χ1n) is 6.35. The molecule has 0 radical (unpaired) electrons. The third-order valence-corrected chi connectivity index (χ3v) is 4.80. The molecule has 2 atom stereocenters. The van der Waals surface area contributed by atoms with E-state index in [-0.39, 0.29) is 0 Å². The summed E-state index contributed by atoms with van der Waals surface area (Å²) in [5.41, 5.74) is -2.09. The van der Waals surface area contributed by atoms with Gasteiger partial charge in [-0.3, -0.25) is 0 Å². The smallest absolute Gasteiger partial charge is 0.0772 e. The van der Waals surface area contributed by atoms with Crippen LogP contribution in [0.3, 0.4) is 0 Å². The molecule has 0 aliphatic heterocycles. The average Bonchev–Trinajstić information content (AvgIpc) is 2.84. The van der Waals surface area contributed by atoms with Gasteiger partial charge in [0.2, 0.25) is 0 Å². The second kappa shape index (κ2) is 4.11. The summed E-state index contributed by atoms with van der Waals surface area (Å²) >= 11 is 0. The van der Waals surface area contributed by atoms with E-state index in [9.17, 15) is 10.2 Å². The van der Waals surface area contributed by atoms with Gasteiger partial charge in [0.25, 0.3) is 0 Å². The van der Waals surface area contributed by atoms with Gasteiger partial charge in [-0.25, -0.2) is 0 Å². The van der Waals surface area contributed by atoms with Crippen LogP contribution in [0.15, 0.2) is 37.5 Å². The summed E-state index contributed by atoms with van der Waals surface area (Å²) in [4.78, 5) is 0. The van der Waals surface area contributed by atoms with Gasteiger partial charge in [0, 0.05) is 5.41 Å². The minimum atomic E-state index is -0.823. The lowest BCUT2D eigenvalue weighted by Gasteiger charge is -2.47.